The molecule has 0 spiro atoms. The highest BCUT2D eigenvalue weighted by Crippen LogP contribution is 2.11. The summed E-state index contributed by atoms with van der Waals surface area (Å²) in [5.74, 6) is 0. The summed E-state index contributed by atoms with van der Waals surface area (Å²) in [6.07, 6.45) is 8.91. The molecule has 0 aliphatic rings. The van der Waals surface area contributed by atoms with Crippen LogP contribution in [0.4, 0.5) is 0 Å². The zero-order valence-electron chi connectivity index (χ0n) is 12.2. The van der Waals surface area contributed by atoms with Gasteiger partial charge in [-0.15, -0.1) is 0 Å². The maximum atomic E-state index is 3.22. The Hall–Kier alpha value is -1.28. The van der Waals surface area contributed by atoms with Gasteiger partial charge in [0, 0.05) is 18.4 Å². The second kappa shape index (κ2) is 7.93. The van der Waals surface area contributed by atoms with E-state index >= 15 is 0 Å². The summed E-state index contributed by atoms with van der Waals surface area (Å²) in [6.45, 7) is 8.80. The molecular formula is C16H26N2. The fourth-order valence-electron chi connectivity index (χ4n) is 1.92. The summed E-state index contributed by atoms with van der Waals surface area (Å²) in [5.41, 5.74) is 3.87. The molecule has 0 bridgehead atoms. The van der Waals surface area contributed by atoms with Crippen molar-refractivity contribution in [3.8, 4) is 0 Å². The van der Waals surface area contributed by atoms with Crippen molar-refractivity contribution in [2.24, 2.45) is 0 Å². The van der Waals surface area contributed by atoms with Gasteiger partial charge >= 0.3 is 0 Å². The minimum Gasteiger partial charge on any atom is -0.361 e. The average Bonchev–Trinajstić information content (AvgIpc) is 2.87. The van der Waals surface area contributed by atoms with Gasteiger partial charge in [-0.25, -0.2) is 0 Å². The molecule has 0 amide bonds. The number of nitrogens with one attached hydrogen (secondary N) is 1. The van der Waals surface area contributed by atoms with E-state index in [-0.39, 0.29) is 0 Å². The first-order valence-electron chi connectivity index (χ1n) is 6.80. The summed E-state index contributed by atoms with van der Waals surface area (Å²) in [4.78, 5) is 5.60. The highest BCUT2D eigenvalue weighted by molar-refractivity contribution is 5.62. The van der Waals surface area contributed by atoms with Crippen molar-refractivity contribution in [2.75, 3.05) is 20.1 Å². The van der Waals surface area contributed by atoms with E-state index in [1.54, 1.807) is 0 Å². The van der Waals surface area contributed by atoms with Gasteiger partial charge in [0.1, 0.15) is 0 Å². The number of rotatable bonds is 7. The lowest BCUT2D eigenvalue weighted by Gasteiger charge is -2.16. The fraction of sp³-hybridized carbons (Fsp3) is 0.500. The third-order valence-electron chi connectivity index (χ3n) is 3.05. The topological polar surface area (TPSA) is 19.0 Å². The molecule has 0 radical (unpaired) electrons. The molecule has 100 valence electrons. The van der Waals surface area contributed by atoms with Crippen LogP contribution in [0.3, 0.4) is 0 Å². The van der Waals surface area contributed by atoms with Crippen LogP contribution in [0.25, 0.3) is 5.57 Å². The Kier molecular flexibility index (Phi) is 6.51. The molecule has 0 aliphatic heterocycles. The van der Waals surface area contributed by atoms with Crippen LogP contribution in [0.2, 0.25) is 0 Å². The molecule has 0 atom stereocenters. The number of aromatic amines is 1. The number of nitrogens with zero attached hydrogens (tertiary/aromatic N) is 1. The van der Waals surface area contributed by atoms with Crippen molar-refractivity contribution in [3.63, 3.8) is 0 Å². The molecule has 2 nitrogen and oxygen atoms in total. The second-order valence-electron chi connectivity index (χ2n) is 5.04. The van der Waals surface area contributed by atoms with Crippen LogP contribution in [0.5, 0.6) is 0 Å². The third-order valence-corrected chi connectivity index (χ3v) is 3.05. The SMILES string of the molecule is CCCCN(C)C/C(C)=C/C=C(\C)c1ccc[nH]1. The van der Waals surface area contributed by atoms with Gasteiger partial charge in [0.25, 0.3) is 0 Å². The van der Waals surface area contributed by atoms with Crippen LogP contribution in [0.1, 0.15) is 39.3 Å². The standard InChI is InChI=1S/C16H26N2/c1-5-6-12-18(4)13-14(2)9-10-15(3)16-8-7-11-17-16/h7-11,17H,5-6,12-13H2,1-4H3/b14-9+,15-10+. The highest BCUT2D eigenvalue weighted by atomic mass is 15.1. The predicted molar refractivity (Wildman–Crippen MR) is 80.6 cm³/mol. The van der Waals surface area contributed by atoms with Gasteiger partial charge in [0.05, 0.1) is 0 Å². The van der Waals surface area contributed by atoms with E-state index in [4.69, 9.17) is 0 Å². The Morgan fingerprint density at radius 1 is 1.33 bits per heavy atom. The summed E-state index contributed by atoms with van der Waals surface area (Å²) in [5, 5.41) is 0. The number of likely N-dealkylation sites (N-methyl/N-ethyl adjacent to an activating group) is 1. The first-order chi connectivity index (χ1) is 8.63. The lowest BCUT2D eigenvalue weighted by Crippen LogP contribution is -2.21. The predicted octanol–water partition coefficient (Wildman–Crippen LogP) is 4.10. The molecule has 1 N–H and O–H groups in total. The van der Waals surface area contributed by atoms with Crippen LogP contribution >= 0.6 is 0 Å². The number of hydrogen-bond donors (Lipinski definition) is 1. The summed E-state index contributed by atoms with van der Waals surface area (Å²) in [7, 11) is 2.19. The largest absolute Gasteiger partial charge is 0.361 e. The zero-order chi connectivity index (χ0) is 13.4. The van der Waals surface area contributed by atoms with Crippen LogP contribution in [-0.4, -0.2) is 30.0 Å². The molecule has 0 fully saturated rings. The van der Waals surface area contributed by atoms with Crippen LogP contribution in [0.15, 0.2) is 36.1 Å². The van der Waals surface area contributed by atoms with E-state index in [1.165, 1.54) is 36.2 Å². The van der Waals surface area contributed by atoms with Crippen molar-refractivity contribution in [1.82, 2.24) is 9.88 Å². The quantitative estimate of drug-likeness (QED) is 0.718. The summed E-state index contributed by atoms with van der Waals surface area (Å²) < 4.78 is 0. The first-order valence-corrected chi connectivity index (χ1v) is 6.80. The van der Waals surface area contributed by atoms with Crippen LogP contribution in [0, 0.1) is 0 Å². The van der Waals surface area contributed by atoms with Crippen molar-refractivity contribution in [2.45, 2.75) is 33.6 Å². The van der Waals surface area contributed by atoms with Gasteiger partial charge in [-0.2, -0.15) is 0 Å². The van der Waals surface area contributed by atoms with Gasteiger partial charge < -0.3 is 9.88 Å². The van der Waals surface area contributed by atoms with Gasteiger partial charge in [-0.3, -0.25) is 0 Å². The Balaban J connectivity index is 2.48. The fourth-order valence-corrected chi connectivity index (χ4v) is 1.92. The van der Waals surface area contributed by atoms with Crippen molar-refractivity contribution in [1.29, 1.82) is 0 Å². The zero-order valence-corrected chi connectivity index (χ0v) is 12.2. The molecule has 1 aromatic heterocycles. The van der Waals surface area contributed by atoms with Crippen molar-refractivity contribution >= 4 is 5.57 Å². The van der Waals surface area contributed by atoms with Gasteiger partial charge in [-0.1, -0.05) is 31.1 Å². The van der Waals surface area contributed by atoms with Crippen LogP contribution in [-0.2, 0) is 0 Å². The molecular weight excluding hydrogens is 220 g/mol. The van der Waals surface area contributed by atoms with Gasteiger partial charge in [0.2, 0.25) is 0 Å². The molecule has 1 aromatic rings. The van der Waals surface area contributed by atoms with Gasteiger partial charge in [-0.05, 0) is 51.6 Å². The van der Waals surface area contributed by atoms with Crippen molar-refractivity contribution in [3.05, 3.63) is 41.7 Å². The van der Waals surface area contributed by atoms with E-state index in [2.05, 4.69) is 55.9 Å². The van der Waals surface area contributed by atoms with Crippen molar-refractivity contribution < 1.29 is 0 Å². The first kappa shape index (κ1) is 14.8. The number of allylic oxidation sites excluding steroid dienone is 3. The average molecular weight is 246 g/mol. The molecule has 0 saturated heterocycles. The molecule has 2 heteroatoms. The molecule has 18 heavy (non-hydrogen) atoms. The Bertz CT molecular complexity index is 385. The Labute approximate surface area is 111 Å². The minimum atomic E-state index is 1.05. The molecule has 0 aromatic carbocycles. The number of unbranched alkanes of at least 4 members (excludes halogenated alkanes) is 1. The smallest absolute Gasteiger partial charge is 0.0409 e. The van der Waals surface area contributed by atoms with E-state index < -0.39 is 0 Å². The lowest BCUT2D eigenvalue weighted by atomic mass is 10.1. The van der Waals surface area contributed by atoms with E-state index in [0.717, 1.165) is 6.54 Å². The van der Waals surface area contributed by atoms with E-state index in [9.17, 15) is 0 Å². The Morgan fingerprint density at radius 2 is 2.11 bits per heavy atom. The lowest BCUT2D eigenvalue weighted by molar-refractivity contribution is 0.354. The minimum absolute atomic E-state index is 1.05. The number of aromatic nitrogens is 1. The third kappa shape index (κ3) is 5.37. The monoisotopic (exact) mass is 246 g/mol. The molecule has 1 heterocycles. The molecule has 0 unspecified atom stereocenters. The second-order valence-corrected chi connectivity index (χ2v) is 5.04. The van der Waals surface area contributed by atoms with Crippen LogP contribution < -0.4 is 0 Å². The maximum Gasteiger partial charge on any atom is 0.0409 e. The normalized spacial score (nSPS) is 13.4. The molecule has 0 aliphatic carbocycles. The maximum absolute atomic E-state index is 3.22. The summed E-state index contributed by atoms with van der Waals surface area (Å²) >= 11 is 0. The Morgan fingerprint density at radius 3 is 2.72 bits per heavy atom. The number of hydrogen-bond acceptors (Lipinski definition) is 1. The van der Waals surface area contributed by atoms with Gasteiger partial charge in [0.15, 0.2) is 0 Å². The molecule has 0 saturated carbocycles. The summed E-state index contributed by atoms with van der Waals surface area (Å²) in [6, 6.07) is 4.13. The molecule has 1 rings (SSSR count). The highest BCUT2D eigenvalue weighted by Gasteiger charge is 1.98. The van der Waals surface area contributed by atoms with E-state index in [0.29, 0.717) is 0 Å². The van der Waals surface area contributed by atoms with E-state index in [1.807, 2.05) is 12.3 Å². The number of H-pyrrole nitrogens is 1.